The molecule has 0 amide bonds. The number of rotatable bonds is 8. The molecular formula is C19H24O4. The lowest BCUT2D eigenvalue weighted by Gasteiger charge is -2.33. The highest BCUT2D eigenvalue weighted by atomic mass is 16.7. The average molecular weight is 316 g/mol. The normalized spacial score (nSPS) is 11.0. The van der Waals surface area contributed by atoms with Crippen LogP contribution >= 0.6 is 0 Å². The van der Waals surface area contributed by atoms with Gasteiger partial charge < -0.3 is 18.9 Å². The van der Waals surface area contributed by atoms with Crippen LogP contribution in [-0.4, -0.2) is 20.0 Å². The van der Waals surface area contributed by atoms with Crippen LogP contribution in [0.25, 0.3) is 0 Å². The van der Waals surface area contributed by atoms with E-state index in [-0.39, 0.29) is 0 Å². The Morgan fingerprint density at radius 1 is 0.696 bits per heavy atom. The van der Waals surface area contributed by atoms with Crippen molar-refractivity contribution in [2.45, 2.75) is 32.5 Å². The first kappa shape index (κ1) is 17.0. The van der Waals surface area contributed by atoms with Crippen LogP contribution in [0.15, 0.2) is 48.5 Å². The highest BCUT2D eigenvalue weighted by Gasteiger charge is 2.31. The molecule has 4 heteroatoms. The smallest absolute Gasteiger partial charge is 0.250 e. The molecule has 0 fully saturated rings. The SMILES string of the molecule is CCC(CC)(Oc1cccc(OC)c1)Oc1cccc(OC)c1. The summed E-state index contributed by atoms with van der Waals surface area (Å²) >= 11 is 0. The van der Waals surface area contributed by atoms with E-state index in [0.717, 1.165) is 23.0 Å². The Hall–Kier alpha value is -2.36. The van der Waals surface area contributed by atoms with Gasteiger partial charge in [-0.15, -0.1) is 0 Å². The molecule has 0 heterocycles. The summed E-state index contributed by atoms with van der Waals surface area (Å²) in [5, 5.41) is 0. The summed E-state index contributed by atoms with van der Waals surface area (Å²) in [6.45, 7) is 4.09. The van der Waals surface area contributed by atoms with Crippen molar-refractivity contribution in [2.75, 3.05) is 14.2 Å². The van der Waals surface area contributed by atoms with Gasteiger partial charge >= 0.3 is 0 Å². The molecule has 0 aliphatic carbocycles. The number of methoxy groups -OCH3 is 2. The van der Waals surface area contributed by atoms with E-state index in [1.165, 1.54) is 0 Å². The van der Waals surface area contributed by atoms with Crippen LogP contribution in [0.1, 0.15) is 26.7 Å². The molecule has 0 aromatic heterocycles. The van der Waals surface area contributed by atoms with E-state index in [1.807, 2.05) is 62.4 Å². The Morgan fingerprint density at radius 3 is 1.43 bits per heavy atom. The molecule has 2 aromatic rings. The first-order chi connectivity index (χ1) is 11.1. The first-order valence-electron chi connectivity index (χ1n) is 7.81. The van der Waals surface area contributed by atoms with Gasteiger partial charge in [0.1, 0.15) is 23.0 Å². The van der Waals surface area contributed by atoms with Crippen molar-refractivity contribution in [1.29, 1.82) is 0 Å². The predicted octanol–water partition coefficient (Wildman–Crippen LogP) is 4.68. The van der Waals surface area contributed by atoms with E-state index in [4.69, 9.17) is 18.9 Å². The third-order valence-corrected chi connectivity index (χ3v) is 3.77. The van der Waals surface area contributed by atoms with Gasteiger partial charge in [-0.1, -0.05) is 26.0 Å². The van der Waals surface area contributed by atoms with Gasteiger partial charge in [-0.2, -0.15) is 0 Å². The molecule has 0 bridgehead atoms. The zero-order valence-corrected chi connectivity index (χ0v) is 14.2. The van der Waals surface area contributed by atoms with E-state index in [2.05, 4.69) is 0 Å². The van der Waals surface area contributed by atoms with Crippen LogP contribution in [0.3, 0.4) is 0 Å². The quantitative estimate of drug-likeness (QED) is 0.663. The second-order valence-corrected chi connectivity index (χ2v) is 5.18. The summed E-state index contributed by atoms with van der Waals surface area (Å²) in [6, 6.07) is 15.1. The van der Waals surface area contributed by atoms with Gasteiger partial charge in [0.2, 0.25) is 0 Å². The Morgan fingerprint density at radius 2 is 1.09 bits per heavy atom. The number of benzene rings is 2. The van der Waals surface area contributed by atoms with Gasteiger partial charge in [-0.25, -0.2) is 0 Å². The molecule has 0 atom stereocenters. The van der Waals surface area contributed by atoms with E-state index in [9.17, 15) is 0 Å². The van der Waals surface area contributed by atoms with Crippen molar-refractivity contribution in [3.8, 4) is 23.0 Å². The fourth-order valence-corrected chi connectivity index (χ4v) is 2.32. The monoisotopic (exact) mass is 316 g/mol. The van der Waals surface area contributed by atoms with Crippen molar-refractivity contribution in [3.63, 3.8) is 0 Å². The van der Waals surface area contributed by atoms with Gasteiger partial charge in [-0.05, 0) is 24.3 Å². The van der Waals surface area contributed by atoms with Crippen LogP contribution < -0.4 is 18.9 Å². The van der Waals surface area contributed by atoms with Gasteiger partial charge in [-0.3, -0.25) is 0 Å². The predicted molar refractivity (Wildman–Crippen MR) is 90.6 cm³/mol. The highest BCUT2D eigenvalue weighted by molar-refractivity contribution is 5.35. The van der Waals surface area contributed by atoms with E-state index in [1.54, 1.807) is 14.2 Å². The lowest BCUT2D eigenvalue weighted by Crippen LogP contribution is -2.41. The van der Waals surface area contributed by atoms with E-state index < -0.39 is 5.79 Å². The van der Waals surface area contributed by atoms with Crippen LogP contribution in [0.2, 0.25) is 0 Å². The van der Waals surface area contributed by atoms with E-state index in [0.29, 0.717) is 12.8 Å². The third kappa shape index (κ3) is 4.31. The topological polar surface area (TPSA) is 36.9 Å². The lowest BCUT2D eigenvalue weighted by atomic mass is 10.1. The summed E-state index contributed by atoms with van der Waals surface area (Å²) in [4.78, 5) is 0. The molecular weight excluding hydrogens is 292 g/mol. The summed E-state index contributed by atoms with van der Waals surface area (Å²) < 4.78 is 22.9. The molecule has 2 aromatic carbocycles. The fraction of sp³-hybridized carbons (Fsp3) is 0.368. The maximum atomic E-state index is 6.18. The van der Waals surface area contributed by atoms with Gasteiger partial charge in [0.15, 0.2) is 0 Å². The second-order valence-electron chi connectivity index (χ2n) is 5.18. The van der Waals surface area contributed by atoms with Gasteiger partial charge in [0.25, 0.3) is 5.79 Å². The molecule has 0 unspecified atom stereocenters. The molecule has 124 valence electrons. The van der Waals surface area contributed by atoms with Crippen molar-refractivity contribution >= 4 is 0 Å². The molecule has 0 radical (unpaired) electrons. The van der Waals surface area contributed by atoms with E-state index >= 15 is 0 Å². The summed E-state index contributed by atoms with van der Waals surface area (Å²) in [5.74, 6) is 2.21. The molecule has 0 aliphatic rings. The van der Waals surface area contributed by atoms with Crippen LogP contribution in [-0.2, 0) is 0 Å². The molecule has 0 spiro atoms. The molecule has 4 nitrogen and oxygen atoms in total. The summed E-state index contributed by atoms with van der Waals surface area (Å²) in [7, 11) is 3.28. The third-order valence-electron chi connectivity index (χ3n) is 3.77. The van der Waals surface area contributed by atoms with Crippen LogP contribution in [0, 0.1) is 0 Å². The van der Waals surface area contributed by atoms with Gasteiger partial charge in [0, 0.05) is 25.0 Å². The van der Waals surface area contributed by atoms with Crippen LogP contribution in [0.4, 0.5) is 0 Å². The number of ether oxygens (including phenoxy) is 4. The Bertz CT molecular complexity index is 569. The van der Waals surface area contributed by atoms with Gasteiger partial charge in [0.05, 0.1) is 14.2 Å². The number of hydrogen-bond acceptors (Lipinski definition) is 4. The fourth-order valence-electron chi connectivity index (χ4n) is 2.32. The van der Waals surface area contributed by atoms with Crippen molar-refractivity contribution < 1.29 is 18.9 Å². The number of hydrogen-bond donors (Lipinski definition) is 0. The minimum absolute atomic E-state index is 0.706. The summed E-state index contributed by atoms with van der Waals surface area (Å²) in [6.07, 6.45) is 1.41. The second kappa shape index (κ2) is 7.77. The Labute approximate surface area is 137 Å². The highest BCUT2D eigenvalue weighted by Crippen LogP contribution is 2.31. The zero-order valence-electron chi connectivity index (χ0n) is 14.2. The molecule has 0 saturated heterocycles. The van der Waals surface area contributed by atoms with Crippen molar-refractivity contribution in [2.24, 2.45) is 0 Å². The van der Waals surface area contributed by atoms with Crippen molar-refractivity contribution in [1.82, 2.24) is 0 Å². The Kier molecular flexibility index (Phi) is 5.74. The minimum Gasteiger partial charge on any atom is -0.497 e. The summed E-state index contributed by atoms with van der Waals surface area (Å²) in [5.41, 5.74) is 0. The van der Waals surface area contributed by atoms with Crippen molar-refractivity contribution in [3.05, 3.63) is 48.5 Å². The van der Waals surface area contributed by atoms with Crippen LogP contribution in [0.5, 0.6) is 23.0 Å². The molecule has 0 aliphatic heterocycles. The molecule has 0 saturated carbocycles. The minimum atomic E-state index is -0.737. The maximum absolute atomic E-state index is 6.18. The molecule has 23 heavy (non-hydrogen) atoms. The largest absolute Gasteiger partial charge is 0.497 e. The molecule has 0 N–H and O–H groups in total. The average Bonchev–Trinajstić information content (AvgIpc) is 2.61. The Balaban J connectivity index is 2.23. The standard InChI is InChI=1S/C19H24O4/c1-5-19(6-2,22-17-11-7-9-15(13-17)20-3)23-18-12-8-10-16(14-18)21-4/h7-14H,5-6H2,1-4H3. The first-order valence-corrected chi connectivity index (χ1v) is 7.81. The maximum Gasteiger partial charge on any atom is 0.250 e. The molecule has 2 rings (SSSR count). The zero-order chi connectivity index (χ0) is 16.7. The lowest BCUT2D eigenvalue weighted by molar-refractivity contribution is -0.118.